The molecular formula is C33H36N2O7. The van der Waals surface area contributed by atoms with Gasteiger partial charge in [0, 0.05) is 24.3 Å². The molecule has 1 fully saturated rings. The second-order valence-corrected chi connectivity index (χ2v) is 11.1. The van der Waals surface area contributed by atoms with E-state index in [9.17, 15) is 19.2 Å². The van der Waals surface area contributed by atoms with E-state index >= 15 is 0 Å². The third-order valence-electron chi connectivity index (χ3n) is 6.75. The van der Waals surface area contributed by atoms with Crippen LogP contribution in [0.4, 0.5) is 11.4 Å². The Morgan fingerprint density at radius 3 is 2.10 bits per heavy atom. The summed E-state index contributed by atoms with van der Waals surface area (Å²) < 4.78 is 16.2. The first kappa shape index (κ1) is 30.3. The fourth-order valence-corrected chi connectivity index (χ4v) is 4.39. The molecule has 0 unspecified atom stereocenters. The highest BCUT2D eigenvalue weighted by molar-refractivity contribution is 6.00. The zero-order valence-electron chi connectivity index (χ0n) is 24.3. The van der Waals surface area contributed by atoms with Crippen LogP contribution in [0.5, 0.6) is 11.5 Å². The van der Waals surface area contributed by atoms with Crippen LogP contribution in [0.3, 0.4) is 0 Å². The van der Waals surface area contributed by atoms with E-state index in [-0.39, 0.29) is 24.3 Å². The average molecular weight is 573 g/mol. The summed E-state index contributed by atoms with van der Waals surface area (Å²) >= 11 is 0. The third kappa shape index (κ3) is 7.96. The van der Waals surface area contributed by atoms with Crippen molar-refractivity contribution < 1.29 is 33.4 Å². The molecule has 1 atom stereocenters. The maximum Gasteiger partial charge on any atom is 0.338 e. The smallest absolute Gasteiger partial charge is 0.338 e. The van der Waals surface area contributed by atoms with Crippen LogP contribution in [0.1, 0.15) is 56.5 Å². The minimum Gasteiger partial charge on any atom is -0.462 e. The Morgan fingerprint density at radius 2 is 1.50 bits per heavy atom. The number of nitrogens with one attached hydrogen (secondary N) is 1. The van der Waals surface area contributed by atoms with E-state index in [0.717, 1.165) is 6.42 Å². The van der Waals surface area contributed by atoms with E-state index in [1.807, 2.05) is 31.2 Å². The van der Waals surface area contributed by atoms with Crippen molar-refractivity contribution in [2.75, 3.05) is 30.0 Å². The van der Waals surface area contributed by atoms with Gasteiger partial charge in [-0.15, -0.1) is 0 Å². The quantitative estimate of drug-likeness (QED) is 0.302. The lowest BCUT2D eigenvalue weighted by Gasteiger charge is -2.19. The number of anilines is 2. The number of hydrogen-bond acceptors (Lipinski definition) is 7. The summed E-state index contributed by atoms with van der Waals surface area (Å²) in [6.45, 7) is 8.36. The third-order valence-corrected chi connectivity index (χ3v) is 6.75. The van der Waals surface area contributed by atoms with Gasteiger partial charge in [-0.1, -0.05) is 39.8 Å². The number of amides is 2. The molecule has 0 saturated carbocycles. The lowest BCUT2D eigenvalue weighted by atomic mass is 9.87. The molecule has 3 aromatic rings. The van der Waals surface area contributed by atoms with Crippen LogP contribution in [-0.2, 0) is 29.3 Å². The first-order valence-corrected chi connectivity index (χ1v) is 14.0. The highest BCUT2D eigenvalue weighted by Crippen LogP contribution is 2.30. The number of ether oxygens (including phenoxy) is 3. The van der Waals surface area contributed by atoms with Gasteiger partial charge in [-0.2, -0.15) is 0 Å². The van der Waals surface area contributed by atoms with Gasteiger partial charge in [0.1, 0.15) is 11.5 Å². The zero-order valence-corrected chi connectivity index (χ0v) is 24.3. The first-order chi connectivity index (χ1) is 20.0. The normalized spacial score (nSPS) is 14.8. The van der Waals surface area contributed by atoms with Gasteiger partial charge in [0.15, 0.2) is 6.61 Å². The summed E-state index contributed by atoms with van der Waals surface area (Å²) in [6.07, 6.45) is 0.719. The van der Waals surface area contributed by atoms with Crippen LogP contribution in [0, 0.1) is 5.92 Å². The van der Waals surface area contributed by atoms with Crippen molar-refractivity contribution >= 4 is 35.1 Å². The fourth-order valence-electron chi connectivity index (χ4n) is 4.39. The molecule has 1 heterocycles. The maximum atomic E-state index is 12.7. The summed E-state index contributed by atoms with van der Waals surface area (Å²) in [5, 5.41) is 2.61. The molecule has 1 N–H and O–H groups in total. The van der Waals surface area contributed by atoms with E-state index in [0.29, 0.717) is 35.0 Å². The minimum absolute atomic E-state index is 0.00553. The molecule has 0 aromatic heterocycles. The van der Waals surface area contributed by atoms with Gasteiger partial charge in [0.05, 0.1) is 18.1 Å². The molecule has 220 valence electrons. The first-order valence-electron chi connectivity index (χ1n) is 14.0. The predicted molar refractivity (Wildman–Crippen MR) is 159 cm³/mol. The molecule has 1 aliphatic heterocycles. The molecule has 0 aliphatic carbocycles. The molecule has 1 aliphatic rings. The molecule has 0 spiro atoms. The molecule has 2 amide bonds. The largest absolute Gasteiger partial charge is 0.462 e. The zero-order chi connectivity index (χ0) is 30.3. The second-order valence-electron chi connectivity index (χ2n) is 11.1. The molecule has 9 heteroatoms. The van der Waals surface area contributed by atoms with Crippen molar-refractivity contribution in [2.45, 2.75) is 46.0 Å². The SMILES string of the molecule is CCCOC(=O)c1ccc(NC(=O)COC(=O)[C@H]2CC(=O)N(c3ccc(Oc4ccc(C(C)(C)C)cc4)cc3)C2)cc1. The van der Waals surface area contributed by atoms with Crippen LogP contribution in [0.15, 0.2) is 72.8 Å². The summed E-state index contributed by atoms with van der Waals surface area (Å²) in [4.78, 5) is 51.0. The average Bonchev–Trinajstić information content (AvgIpc) is 3.36. The monoisotopic (exact) mass is 572 g/mol. The van der Waals surface area contributed by atoms with Crippen LogP contribution in [0.25, 0.3) is 0 Å². The summed E-state index contributed by atoms with van der Waals surface area (Å²) in [5.74, 6) is -1.13. The number of carbonyl (C=O) groups excluding carboxylic acids is 4. The maximum absolute atomic E-state index is 12.7. The van der Waals surface area contributed by atoms with E-state index in [2.05, 4.69) is 26.1 Å². The molecular weight excluding hydrogens is 536 g/mol. The van der Waals surface area contributed by atoms with Crippen LogP contribution < -0.4 is 15.0 Å². The van der Waals surface area contributed by atoms with Gasteiger partial charge >= 0.3 is 11.9 Å². The van der Waals surface area contributed by atoms with Gasteiger partial charge < -0.3 is 24.4 Å². The van der Waals surface area contributed by atoms with Crippen molar-refractivity contribution in [3.05, 3.63) is 83.9 Å². The fraction of sp³-hybridized carbons (Fsp3) is 0.333. The Hall–Kier alpha value is -4.66. The molecule has 1 saturated heterocycles. The Morgan fingerprint density at radius 1 is 0.881 bits per heavy atom. The molecule has 0 bridgehead atoms. The van der Waals surface area contributed by atoms with Gasteiger partial charge in [-0.05, 0) is 78.1 Å². The molecule has 3 aromatic carbocycles. The summed E-state index contributed by atoms with van der Waals surface area (Å²) in [5.41, 5.74) is 2.73. The number of nitrogens with zero attached hydrogens (tertiary/aromatic N) is 1. The van der Waals surface area contributed by atoms with Crippen molar-refractivity contribution in [3.63, 3.8) is 0 Å². The second kappa shape index (κ2) is 13.3. The lowest BCUT2D eigenvalue weighted by molar-refractivity contribution is -0.151. The van der Waals surface area contributed by atoms with Gasteiger partial charge in [-0.3, -0.25) is 14.4 Å². The Balaban J connectivity index is 1.25. The number of hydrogen-bond donors (Lipinski definition) is 1. The molecule has 0 radical (unpaired) electrons. The Kier molecular flexibility index (Phi) is 9.62. The van der Waals surface area contributed by atoms with Crippen LogP contribution >= 0.6 is 0 Å². The summed E-state index contributed by atoms with van der Waals surface area (Å²) in [6, 6.07) is 21.2. The molecule has 9 nitrogen and oxygen atoms in total. The highest BCUT2D eigenvalue weighted by atomic mass is 16.5. The topological polar surface area (TPSA) is 111 Å². The van der Waals surface area contributed by atoms with Crippen molar-refractivity contribution in [1.82, 2.24) is 0 Å². The van der Waals surface area contributed by atoms with E-state index in [4.69, 9.17) is 14.2 Å². The van der Waals surface area contributed by atoms with E-state index in [1.54, 1.807) is 48.5 Å². The van der Waals surface area contributed by atoms with Crippen molar-refractivity contribution in [2.24, 2.45) is 5.92 Å². The standard InChI is InChI=1S/C33H36N2O7/c1-5-18-40-31(38)22-6-10-25(11-7-22)34-29(36)21-41-32(39)23-19-30(37)35(20-23)26-12-16-28(17-13-26)42-27-14-8-24(9-15-27)33(2,3)4/h6-17,23H,5,18-21H2,1-4H3,(H,34,36)/t23-/m0/s1. The van der Waals surface area contributed by atoms with Gasteiger partial charge in [-0.25, -0.2) is 4.79 Å². The van der Waals surface area contributed by atoms with Crippen molar-refractivity contribution in [1.29, 1.82) is 0 Å². The molecule has 42 heavy (non-hydrogen) atoms. The molecule has 4 rings (SSSR count). The Labute approximate surface area is 245 Å². The minimum atomic E-state index is -0.684. The Bertz CT molecular complexity index is 1410. The summed E-state index contributed by atoms with van der Waals surface area (Å²) in [7, 11) is 0. The van der Waals surface area contributed by atoms with E-state index in [1.165, 1.54) is 10.5 Å². The van der Waals surface area contributed by atoms with Gasteiger partial charge in [0.25, 0.3) is 5.91 Å². The highest BCUT2D eigenvalue weighted by Gasteiger charge is 2.36. The number of benzene rings is 3. The van der Waals surface area contributed by atoms with Crippen molar-refractivity contribution in [3.8, 4) is 11.5 Å². The van der Waals surface area contributed by atoms with Crippen LogP contribution in [-0.4, -0.2) is 43.5 Å². The number of carbonyl (C=O) groups is 4. The lowest BCUT2D eigenvalue weighted by Crippen LogP contribution is -2.28. The number of rotatable bonds is 10. The number of esters is 2. The van der Waals surface area contributed by atoms with E-state index < -0.39 is 30.4 Å². The van der Waals surface area contributed by atoms with Gasteiger partial charge in [0.2, 0.25) is 5.91 Å². The predicted octanol–water partition coefficient (Wildman–Crippen LogP) is 5.88. The van der Waals surface area contributed by atoms with Crippen LogP contribution in [0.2, 0.25) is 0 Å².